The number of fused-ring (bicyclic) bond motifs is 1. The molecule has 0 N–H and O–H groups in total. The lowest BCUT2D eigenvalue weighted by atomic mass is 10.1. The van der Waals surface area contributed by atoms with Gasteiger partial charge in [0.2, 0.25) is 0 Å². The lowest BCUT2D eigenvalue weighted by Gasteiger charge is -2.23. The number of aldehydes is 1. The quantitative estimate of drug-likeness (QED) is 0.765. The maximum Gasteiger partial charge on any atom is 0.160 e. The van der Waals surface area contributed by atoms with Crippen molar-refractivity contribution < 1.29 is 9.53 Å². The molecule has 0 bridgehead atoms. The summed E-state index contributed by atoms with van der Waals surface area (Å²) in [7, 11) is 0. The summed E-state index contributed by atoms with van der Waals surface area (Å²) in [5, 5.41) is 6.40. The first-order valence-electron chi connectivity index (χ1n) is 5.47. The molecule has 3 heterocycles. The van der Waals surface area contributed by atoms with Gasteiger partial charge in [-0.1, -0.05) is 0 Å². The van der Waals surface area contributed by atoms with Gasteiger partial charge in [-0.2, -0.15) is 5.10 Å². The largest absolute Gasteiger partial charge is 0.365 e. The summed E-state index contributed by atoms with van der Waals surface area (Å²) in [4.78, 5) is 11.4. The summed E-state index contributed by atoms with van der Waals surface area (Å²) in [5.74, 6) is 0. The van der Waals surface area contributed by atoms with E-state index in [0.29, 0.717) is 6.61 Å². The predicted octanol–water partition coefficient (Wildman–Crippen LogP) is 2.19. The van der Waals surface area contributed by atoms with Crippen LogP contribution in [-0.2, 0) is 11.3 Å². The monoisotopic (exact) mass is 248 g/mol. The van der Waals surface area contributed by atoms with Crippen molar-refractivity contribution in [2.45, 2.75) is 19.6 Å². The lowest BCUT2D eigenvalue weighted by Crippen LogP contribution is -2.22. The van der Waals surface area contributed by atoms with Gasteiger partial charge in [-0.05, 0) is 30.0 Å². The molecule has 0 saturated carbocycles. The van der Waals surface area contributed by atoms with Crippen molar-refractivity contribution in [3.05, 3.63) is 39.3 Å². The van der Waals surface area contributed by atoms with Gasteiger partial charge in [0.25, 0.3) is 0 Å². The summed E-state index contributed by atoms with van der Waals surface area (Å²) in [6.45, 7) is 3.43. The van der Waals surface area contributed by atoms with E-state index in [-0.39, 0.29) is 6.10 Å². The van der Waals surface area contributed by atoms with E-state index in [0.717, 1.165) is 34.7 Å². The fraction of sp³-hybridized carbons (Fsp3) is 0.333. The second-order valence-electron chi connectivity index (χ2n) is 4.08. The van der Waals surface area contributed by atoms with Gasteiger partial charge in [-0.15, -0.1) is 11.3 Å². The van der Waals surface area contributed by atoms with Crippen molar-refractivity contribution >= 4 is 17.6 Å². The lowest BCUT2D eigenvalue weighted by molar-refractivity contribution is 0.0424. The molecule has 0 radical (unpaired) electrons. The van der Waals surface area contributed by atoms with Crippen molar-refractivity contribution in [1.29, 1.82) is 0 Å². The smallest absolute Gasteiger partial charge is 0.160 e. The number of hydrogen-bond donors (Lipinski definition) is 0. The second kappa shape index (κ2) is 4.09. The Hall–Kier alpha value is -1.46. The summed E-state index contributed by atoms with van der Waals surface area (Å²) >= 11 is 1.45. The number of rotatable bonds is 2. The highest BCUT2D eigenvalue weighted by Gasteiger charge is 2.24. The number of nitrogens with zero attached hydrogens (tertiary/aromatic N) is 2. The molecule has 1 unspecified atom stereocenters. The molecule has 0 amide bonds. The average Bonchev–Trinajstić information content (AvgIpc) is 2.92. The SMILES string of the molecule is Cc1cc2n(n1)CCOC2c1csc(C=O)c1. The number of aryl methyl sites for hydroxylation is 1. The first-order valence-corrected chi connectivity index (χ1v) is 6.35. The minimum Gasteiger partial charge on any atom is -0.365 e. The standard InChI is InChI=1S/C12H12N2O2S/c1-8-4-11-12(16-3-2-14(11)13-8)9-5-10(6-15)17-7-9/h4-7,12H,2-3H2,1H3. The molecule has 2 aromatic rings. The first-order chi connectivity index (χ1) is 8.28. The Labute approximate surface area is 103 Å². The van der Waals surface area contributed by atoms with Crippen LogP contribution in [0.5, 0.6) is 0 Å². The number of carbonyl (C=O) groups excluding carboxylic acids is 1. The van der Waals surface area contributed by atoms with Gasteiger partial charge in [0.1, 0.15) is 6.10 Å². The van der Waals surface area contributed by atoms with Gasteiger partial charge in [0.05, 0.1) is 29.4 Å². The van der Waals surface area contributed by atoms with Gasteiger partial charge >= 0.3 is 0 Å². The van der Waals surface area contributed by atoms with Crippen LogP contribution >= 0.6 is 11.3 Å². The fourth-order valence-electron chi connectivity index (χ4n) is 2.13. The highest BCUT2D eigenvalue weighted by Crippen LogP contribution is 2.31. The molecular formula is C12H12N2O2S. The minimum absolute atomic E-state index is 0.0881. The molecule has 0 aromatic carbocycles. The Morgan fingerprint density at radius 3 is 3.24 bits per heavy atom. The molecule has 3 rings (SSSR count). The maximum atomic E-state index is 10.7. The van der Waals surface area contributed by atoms with Crippen LogP contribution in [0.3, 0.4) is 0 Å². The van der Waals surface area contributed by atoms with E-state index in [2.05, 4.69) is 5.10 Å². The third kappa shape index (κ3) is 1.81. The molecule has 1 atom stereocenters. The van der Waals surface area contributed by atoms with Crippen molar-refractivity contribution in [2.75, 3.05) is 6.61 Å². The zero-order valence-corrected chi connectivity index (χ0v) is 10.2. The molecule has 0 saturated heterocycles. The molecule has 5 heteroatoms. The third-order valence-corrected chi connectivity index (χ3v) is 3.72. The van der Waals surface area contributed by atoms with Gasteiger partial charge in [0.15, 0.2) is 6.29 Å². The molecule has 1 aliphatic rings. The highest BCUT2D eigenvalue weighted by molar-refractivity contribution is 7.11. The number of aromatic nitrogens is 2. The molecule has 0 spiro atoms. The zero-order valence-electron chi connectivity index (χ0n) is 9.42. The average molecular weight is 248 g/mol. The van der Waals surface area contributed by atoms with Crippen LogP contribution in [0.25, 0.3) is 0 Å². The molecule has 0 fully saturated rings. The molecule has 17 heavy (non-hydrogen) atoms. The molecule has 0 aliphatic carbocycles. The van der Waals surface area contributed by atoms with Crippen molar-refractivity contribution in [3.8, 4) is 0 Å². The molecule has 2 aromatic heterocycles. The number of carbonyl (C=O) groups is 1. The Morgan fingerprint density at radius 2 is 2.47 bits per heavy atom. The van der Waals surface area contributed by atoms with Crippen LogP contribution in [0.15, 0.2) is 17.5 Å². The van der Waals surface area contributed by atoms with Crippen molar-refractivity contribution in [3.63, 3.8) is 0 Å². The highest BCUT2D eigenvalue weighted by atomic mass is 32.1. The molecule has 4 nitrogen and oxygen atoms in total. The van der Waals surface area contributed by atoms with Crippen LogP contribution in [0.4, 0.5) is 0 Å². The van der Waals surface area contributed by atoms with E-state index >= 15 is 0 Å². The minimum atomic E-state index is -0.0881. The summed E-state index contributed by atoms with van der Waals surface area (Å²) in [6.07, 6.45) is 0.786. The first kappa shape index (κ1) is 10.7. The topological polar surface area (TPSA) is 44.1 Å². The van der Waals surface area contributed by atoms with Gasteiger partial charge in [-0.3, -0.25) is 9.48 Å². The van der Waals surface area contributed by atoms with E-state index < -0.39 is 0 Å². The van der Waals surface area contributed by atoms with Crippen molar-refractivity contribution in [1.82, 2.24) is 9.78 Å². The summed E-state index contributed by atoms with van der Waals surface area (Å²) < 4.78 is 7.78. The van der Waals surface area contributed by atoms with Crippen LogP contribution in [0.1, 0.15) is 32.7 Å². The summed E-state index contributed by atoms with van der Waals surface area (Å²) in [6, 6.07) is 3.93. The number of thiophene rings is 1. The molecule has 88 valence electrons. The Balaban J connectivity index is 2.01. The number of ether oxygens (including phenoxy) is 1. The van der Waals surface area contributed by atoms with E-state index in [9.17, 15) is 4.79 Å². The fourth-order valence-corrected chi connectivity index (χ4v) is 2.86. The van der Waals surface area contributed by atoms with Crippen LogP contribution < -0.4 is 0 Å². The van der Waals surface area contributed by atoms with E-state index in [4.69, 9.17) is 4.74 Å². The van der Waals surface area contributed by atoms with E-state index in [1.807, 2.05) is 29.1 Å². The van der Waals surface area contributed by atoms with E-state index in [1.54, 1.807) is 0 Å². The zero-order chi connectivity index (χ0) is 11.8. The normalized spacial score (nSPS) is 19.0. The second-order valence-corrected chi connectivity index (χ2v) is 5.03. The van der Waals surface area contributed by atoms with Gasteiger partial charge in [-0.25, -0.2) is 0 Å². The Kier molecular flexibility index (Phi) is 2.57. The molecular weight excluding hydrogens is 236 g/mol. The Morgan fingerprint density at radius 1 is 1.59 bits per heavy atom. The van der Waals surface area contributed by atoms with E-state index in [1.165, 1.54) is 11.3 Å². The predicted molar refractivity (Wildman–Crippen MR) is 64.5 cm³/mol. The third-order valence-electron chi connectivity index (χ3n) is 2.85. The number of hydrogen-bond acceptors (Lipinski definition) is 4. The molecule has 1 aliphatic heterocycles. The van der Waals surface area contributed by atoms with Gasteiger partial charge < -0.3 is 4.74 Å². The maximum absolute atomic E-state index is 10.7. The van der Waals surface area contributed by atoms with Crippen LogP contribution in [-0.4, -0.2) is 22.7 Å². The van der Waals surface area contributed by atoms with Crippen molar-refractivity contribution in [2.24, 2.45) is 0 Å². The van der Waals surface area contributed by atoms with Crippen LogP contribution in [0.2, 0.25) is 0 Å². The summed E-state index contributed by atoms with van der Waals surface area (Å²) in [5.41, 5.74) is 3.11. The van der Waals surface area contributed by atoms with Crippen LogP contribution in [0, 0.1) is 6.92 Å². The van der Waals surface area contributed by atoms with Gasteiger partial charge in [0, 0.05) is 0 Å². The Bertz CT molecular complexity index is 559.